The van der Waals surface area contributed by atoms with Crippen molar-refractivity contribution < 1.29 is 4.79 Å². The SMILES string of the molecule is Cc1nc(C(=O)NCCN(C)C)c(-c2ccccc2)s1. The van der Waals surface area contributed by atoms with Gasteiger partial charge in [0.25, 0.3) is 5.91 Å². The van der Waals surface area contributed by atoms with Crippen molar-refractivity contribution in [1.82, 2.24) is 15.2 Å². The summed E-state index contributed by atoms with van der Waals surface area (Å²) in [6, 6.07) is 9.91. The van der Waals surface area contributed by atoms with E-state index in [0.717, 1.165) is 22.0 Å². The highest BCUT2D eigenvalue weighted by atomic mass is 32.1. The fourth-order valence-electron chi connectivity index (χ4n) is 1.84. The lowest BCUT2D eigenvalue weighted by atomic mass is 10.1. The Morgan fingerprint density at radius 3 is 2.65 bits per heavy atom. The molecule has 1 aromatic carbocycles. The number of amides is 1. The van der Waals surface area contributed by atoms with Crippen LogP contribution in [0.25, 0.3) is 10.4 Å². The Kier molecular flexibility index (Phi) is 4.87. The number of thiazole rings is 1. The predicted molar refractivity (Wildman–Crippen MR) is 83.2 cm³/mol. The zero-order valence-corrected chi connectivity index (χ0v) is 12.8. The number of carbonyl (C=O) groups is 1. The summed E-state index contributed by atoms with van der Waals surface area (Å²) in [5.74, 6) is -0.102. The summed E-state index contributed by atoms with van der Waals surface area (Å²) in [4.78, 5) is 19.6. The van der Waals surface area contributed by atoms with Crippen molar-refractivity contribution in [2.45, 2.75) is 6.92 Å². The summed E-state index contributed by atoms with van der Waals surface area (Å²) in [6.07, 6.45) is 0. The zero-order valence-electron chi connectivity index (χ0n) is 12.0. The number of likely N-dealkylation sites (N-methyl/N-ethyl adjacent to an activating group) is 1. The number of hydrogen-bond acceptors (Lipinski definition) is 4. The van der Waals surface area contributed by atoms with Gasteiger partial charge in [-0.05, 0) is 26.6 Å². The fraction of sp³-hybridized carbons (Fsp3) is 0.333. The van der Waals surface area contributed by atoms with Gasteiger partial charge in [-0.25, -0.2) is 4.98 Å². The van der Waals surface area contributed by atoms with Gasteiger partial charge in [0, 0.05) is 13.1 Å². The lowest BCUT2D eigenvalue weighted by Crippen LogP contribution is -2.31. The molecule has 0 atom stereocenters. The van der Waals surface area contributed by atoms with Crippen LogP contribution in [0.5, 0.6) is 0 Å². The van der Waals surface area contributed by atoms with Crippen molar-refractivity contribution in [3.8, 4) is 10.4 Å². The maximum atomic E-state index is 12.2. The molecule has 0 spiro atoms. The second-order valence-electron chi connectivity index (χ2n) is 4.84. The van der Waals surface area contributed by atoms with Gasteiger partial charge in [-0.1, -0.05) is 30.3 Å². The topological polar surface area (TPSA) is 45.2 Å². The first-order valence-electron chi connectivity index (χ1n) is 6.53. The van der Waals surface area contributed by atoms with Gasteiger partial charge in [-0.3, -0.25) is 4.79 Å². The highest BCUT2D eigenvalue weighted by Crippen LogP contribution is 2.29. The quantitative estimate of drug-likeness (QED) is 0.919. The van der Waals surface area contributed by atoms with Crippen LogP contribution < -0.4 is 5.32 Å². The largest absolute Gasteiger partial charge is 0.349 e. The first-order valence-corrected chi connectivity index (χ1v) is 7.35. The number of benzene rings is 1. The molecule has 4 nitrogen and oxygen atoms in total. The molecule has 0 unspecified atom stereocenters. The molecule has 5 heteroatoms. The molecule has 0 aliphatic heterocycles. The summed E-state index contributed by atoms with van der Waals surface area (Å²) >= 11 is 1.55. The molecular formula is C15H19N3OS. The monoisotopic (exact) mass is 289 g/mol. The van der Waals surface area contributed by atoms with E-state index in [4.69, 9.17) is 0 Å². The molecule has 0 fully saturated rings. The number of nitrogens with one attached hydrogen (secondary N) is 1. The Hall–Kier alpha value is -1.72. The number of aromatic nitrogens is 1. The van der Waals surface area contributed by atoms with E-state index in [1.807, 2.05) is 56.3 Å². The molecule has 106 valence electrons. The normalized spacial score (nSPS) is 10.8. The molecule has 0 aliphatic rings. The summed E-state index contributed by atoms with van der Waals surface area (Å²) in [6.45, 7) is 3.36. The summed E-state index contributed by atoms with van der Waals surface area (Å²) in [5.41, 5.74) is 1.56. The summed E-state index contributed by atoms with van der Waals surface area (Å²) < 4.78 is 0. The lowest BCUT2D eigenvalue weighted by Gasteiger charge is -2.10. The van der Waals surface area contributed by atoms with Gasteiger partial charge in [-0.2, -0.15) is 0 Å². The summed E-state index contributed by atoms with van der Waals surface area (Å²) in [5, 5.41) is 3.82. The number of carbonyl (C=O) groups excluding carboxylic acids is 1. The van der Waals surface area contributed by atoms with Crippen molar-refractivity contribution in [3.63, 3.8) is 0 Å². The molecule has 2 rings (SSSR count). The van der Waals surface area contributed by atoms with Crippen molar-refractivity contribution >= 4 is 17.2 Å². The van der Waals surface area contributed by atoms with Gasteiger partial charge in [-0.15, -0.1) is 11.3 Å². The van der Waals surface area contributed by atoms with Gasteiger partial charge in [0.2, 0.25) is 0 Å². The average molecular weight is 289 g/mol. The van der Waals surface area contributed by atoms with Crippen LogP contribution in [0.1, 0.15) is 15.5 Å². The van der Waals surface area contributed by atoms with Gasteiger partial charge in [0.05, 0.1) is 9.88 Å². The molecular weight excluding hydrogens is 270 g/mol. The minimum absolute atomic E-state index is 0.102. The predicted octanol–water partition coefficient (Wildman–Crippen LogP) is 2.41. The first-order chi connectivity index (χ1) is 9.58. The average Bonchev–Trinajstić information content (AvgIpc) is 2.81. The molecule has 2 aromatic rings. The van der Waals surface area contributed by atoms with Crippen LogP contribution in [0, 0.1) is 6.92 Å². The molecule has 0 saturated heterocycles. The standard InChI is InChI=1S/C15H19N3OS/c1-11-17-13(15(19)16-9-10-18(2)3)14(20-11)12-7-5-4-6-8-12/h4-8H,9-10H2,1-3H3,(H,16,19). The first kappa shape index (κ1) is 14.7. The van der Waals surface area contributed by atoms with Gasteiger partial charge < -0.3 is 10.2 Å². The maximum Gasteiger partial charge on any atom is 0.271 e. The van der Waals surface area contributed by atoms with Crippen LogP contribution in [-0.4, -0.2) is 43.0 Å². The second kappa shape index (κ2) is 6.63. The van der Waals surface area contributed by atoms with E-state index in [9.17, 15) is 4.79 Å². The molecule has 1 N–H and O–H groups in total. The van der Waals surface area contributed by atoms with Crippen molar-refractivity contribution in [2.24, 2.45) is 0 Å². The Labute approximate surface area is 123 Å². The third kappa shape index (κ3) is 3.65. The molecule has 1 amide bonds. The summed E-state index contributed by atoms with van der Waals surface area (Å²) in [7, 11) is 3.96. The number of nitrogens with zero attached hydrogens (tertiary/aromatic N) is 2. The third-order valence-electron chi connectivity index (χ3n) is 2.83. The van der Waals surface area contributed by atoms with Crippen molar-refractivity contribution in [1.29, 1.82) is 0 Å². The number of aryl methyl sites for hydroxylation is 1. The van der Waals surface area contributed by atoms with Crippen LogP contribution in [-0.2, 0) is 0 Å². The Bertz CT molecular complexity index is 578. The number of hydrogen-bond donors (Lipinski definition) is 1. The van der Waals surface area contributed by atoms with Crippen LogP contribution in [0.2, 0.25) is 0 Å². The molecule has 1 aromatic heterocycles. The van der Waals surface area contributed by atoms with Crippen LogP contribution in [0.3, 0.4) is 0 Å². The van der Waals surface area contributed by atoms with Crippen LogP contribution >= 0.6 is 11.3 Å². The van der Waals surface area contributed by atoms with Crippen molar-refractivity contribution in [3.05, 3.63) is 41.0 Å². The highest BCUT2D eigenvalue weighted by Gasteiger charge is 2.17. The van der Waals surface area contributed by atoms with Gasteiger partial charge >= 0.3 is 0 Å². The molecule has 0 aliphatic carbocycles. The minimum Gasteiger partial charge on any atom is -0.349 e. The molecule has 20 heavy (non-hydrogen) atoms. The minimum atomic E-state index is -0.102. The smallest absolute Gasteiger partial charge is 0.271 e. The highest BCUT2D eigenvalue weighted by molar-refractivity contribution is 7.15. The van der Waals surface area contributed by atoms with E-state index in [1.54, 1.807) is 11.3 Å². The maximum absolute atomic E-state index is 12.2. The Balaban J connectivity index is 2.18. The zero-order chi connectivity index (χ0) is 14.5. The second-order valence-corrected chi connectivity index (χ2v) is 6.04. The van der Waals surface area contributed by atoms with Crippen LogP contribution in [0.15, 0.2) is 30.3 Å². The lowest BCUT2D eigenvalue weighted by molar-refractivity contribution is 0.0947. The van der Waals surface area contributed by atoms with Crippen LogP contribution in [0.4, 0.5) is 0 Å². The molecule has 0 saturated carbocycles. The van der Waals surface area contributed by atoms with E-state index < -0.39 is 0 Å². The van der Waals surface area contributed by atoms with Crippen molar-refractivity contribution in [2.75, 3.05) is 27.2 Å². The van der Waals surface area contributed by atoms with E-state index in [0.29, 0.717) is 12.2 Å². The Morgan fingerprint density at radius 1 is 1.30 bits per heavy atom. The molecule has 0 radical (unpaired) electrons. The molecule has 0 bridgehead atoms. The van der Waals surface area contributed by atoms with Gasteiger partial charge in [0.1, 0.15) is 5.69 Å². The van der Waals surface area contributed by atoms with E-state index >= 15 is 0 Å². The number of rotatable bonds is 5. The van der Waals surface area contributed by atoms with Gasteiger partial charge in [0.15, 0.2) is 0 Å². The van der Waals surface area contributed by atoms with E-state index in [2.05, 4.69) is 10.3 Å². The van der Waals surface area contributed by atoms with E-state index in [-0.39, 0.29) is 5.91 Å². The fourth-order valence-corrected chi connectivity index (χ4v) is 2.76. The van der Waals surface area contributed by atoms with E-state index in [1.165, 1.54) is 0 Å². The Morgan fingerprint density at radius 2 is 2.00 bits per heavy atom. The molecule has 1 heterocycles. The third-order valence-corrected chi connectivity index (χ3v) is 3.85.